The van der Waals surface area contributed by atoms with Gasteiger partial charge in [0.15, 0.2) is 11.5 Å². The highest BCUT2D eigenvalue weighted by atomic mass is 15.4. The summed E-state index contributed by atoms with van der Waals surface area (Å²) in [7, 11) is 0. The minimum Gasteiger partial charge on any atom is -0.353 e. The van der Waals surface area contributed by atoms with Crippen molar-refractivity contribution in [3.05, 3.63) is 18.0 Å². The summed E-state index contributed by atoms with van der Waals surface area (Å²) in [5.41, 5.74) is 0.867. The summed E-state index contributed by atoms with van der Waals surface area (Å²) in [6, 6.07) is 4.76. The molecule has 22 heavy (non-hydrogen) atoms. The molecule has 0 aromatic carbocycles. The van der Waals surface area contributed by atoms with Crippen LogP contribution in [0.4, 0.5) is 5.82 Å². The van der Waals surface area contributed by atoms with E-state index in [1.165, 1.54) is 19.3 Å². The molecule has 0 atom stereocenters. The van der Waals surface area contributed by atoms with Gasteiger partial charge in [-0.2, -0.15) is 4.52 Å². The zero-order valence-corrected chi connectivity index (χ0v) is 13.4. The summed E-state index contributed by atoms with van der Waals surface area (Å²) in [5.74, 6) is 2.65. The molecule has 0 radical (unpaired) electrons. The predicted octanol–water partition coefficient (Wildman–Crippen LogP) is 1.92. The molecular formula is C16H24N6. The van der Waals surface area contributed by atoms with Gasteiger partial charge >= 0.3 is 0 Å². The van der Waals surface area contributed by atoms with Crippen molar-refractivity contribution in [1.82, 2.24) is 24.7 Å². The molecule has 0 N–H and O–H groups in total. The fourth-order valence-electron chi connectivity index (χ4n) is 3.35. The summed E-state index contributed by atoms with van der Waals surface area (Å²) in [5, 5.41) is 13.5. The Balaban J connectivity index is 1.57. The van der Waals surface area contributed by atoms with Crippen molar-refractivity contribution >= 4 is 11.5 Å². The average molecular weight is 300 g/mol. The quantitative estimate of drug-likeness (QED) is 0.867. The van der Waals surface area contributed by atoms with Crippen molar-refractivity contribution in [2.45, 2.75) is 45.1 Å². The highest BCUT2D eigenvalue weighted by Crippen LogP contribution is 2.35. The lowest BCUT2D eigenvalue weighted by atomic mass is 9.85. The second kappa shape index (κ2) is 5.50. The topological polar surface area (TPSA) is 49.6 Å². The van der Waals surface area contributed by atoms with Crippen LogP contribution in [-0.2, 0) is 0 Å². The Morgan fingerprint density at radius 3 is 2.45 bits per heavy atom. The summed E-state index contributed by atoms with van der Waals surface area (Å²) in [6.07, 6.45) is 3.75. The van der Waals surface area contributed by atoms with Gasteiger partial charge in [-0.25, -0.2) is 0 Å². The van der Waals surface area contributed by atoms with E-state index >= 15 is 0 Å². The maximum Gasteiger partial charge on any atom is 0.178 e. The number of fused-ring (bicyclic) bond motifs is 1. The van der Waals surface area contributed by atoms with Crippen LogP contribution in [0.3, 0.4) is 0 Å². The van der Waals surface area contributed by atoms with Crippen LogP contribution in [0.5, 0.6) is 0 Å². The first-order chi connectivity index (χ1) is 10.7. The molecule has 0 amide bonds. The van der Waals surface area contributed by atoms with Gasteiger partial charge in [0.2, 0.25) is 0 Å². The van der Waals surface area contributed by atoms with E-state index in [0.29, 0.717) is 12.0 Å². The molecule has 118 valence electrons. The molecule has 1 saturated carbocycles. The van der Waals surface area contributed by atoms with Crippen molar-refractivity contribution in [3.8, 4) is 0 Å². The Kier molecular flexibility index (Phi) is 3.48. The summed E-state index contributed by atoms with van der Waals surface area (Å²) in [4.78, 5) is 4.90. The number of nitrogens with zero attached hydrogens (tertiary/aromatic N) is 6. The van der Waals surface area contributed by atoms with Gasteiger partial charge in [0.25, 0.3) is 0 Å². The molecule has 2 aromatic heterocycles. The van der Waals surface area contributed by atoms with E-state index in [1.54, 1.807) is 0 Å². The van der Waals surface area contributed by atoms with Gasteiger partial charge in [0.05, 0.1) is 0 Å². The SMILES string of the molecule is CC(C)N1CCN(c2ccc3nnc(C4CCC4)n3n2)CC1. The van der Waals surface area contributed by atoms with E-state index < -0.39 is 0 Å². The molecule has 0 unspecified atom stereocenters. The molecule has 4 rings (SSSR count). The van der Waals surface area contributed by atoms with E-state index in [9.17, 15) is 0 Å². The van der Waals surface area contributed by atoms with Crippen LogP contribution in [0.1, 0.15) is 44.9 Å². The number of aromatic nitrogens is 4. The number of rotatable bonds is 3. The van der Waals surface area contributed by atoms with E-state index in [4.69, 9.17) is 5.10 Å². The van der Waals surface area contributed by atoms with Crippen LogP contribution in [0.2, 0.25) is 0 Å². The largest absolute Gasteiger partial charge is 0.353 e. The van der Waals surface area contributed by atoms with Crippen LogP contribution in [0, 0.1) is 0 Å². The van der Waals surface area contributed by atoms with Gasteiger partial charge in [-0.15, -0.1) is 15.3 Å². The van der Waals surface area contributed by atoms with E-state index in [0.717, 1.165) is 43.5 Å². The average Bonchev–Trinajstić information content (AvgIpc) is 2.89. The third kappa shape index (κ3) is 2.35. The lowest BCUT2D eigenvalue weighted by Crippen LogP contribution is -2.49. The minimum atomic E-state index is 0.551. The van der Waals surface area contributed by atoms with Gasteiger partial charge in [-0.3, -0.25) is 4.90 Å². The van der Waals surface area contributed by atoms with Crippen molar-refractivity contribution in [3.63, 3.8) is 0 Å². The Morgan fingerprint density at radius 1 is 1.05 bits per heavy atom. The second-order valence-corrected chi connectivity index (χ2v) is 6.76. The van der Waals surface area contributed by atoms with E-state index in [-0.39, 0.29) is 0 Å². The van der Waals surface area contributed by atoms with Crippen LogP contribution in [0.25, 0.3) is 5.65 Å². The van der Waals surface area contributed by atoms with Gasteiger partial charge in [0, 0.05) is 38.1 Å². The molecule has 6 nitrogen and oxygen atoms in total. The zero-order chi connectivity index (χ0) is 15.1. The molecule has 0 spiro atoms. The number of piperazine rings is 1. The molecule has 2 aliphatic rings. The highest BCUT2D eigenvalue weighted by Gasteiger charge is 2.26. The highest BCUT2D eigenvalue weighted by molar-refractivity contribution is 5.46. The normalized spacial score (nSPS) is 20.8. The molecule has 1 saturated heterocycles. The first-order valence-corrected chi connectivity index (χ1v) is 8.44. The van der Waals surface area contributed by atoms with Crippen LogP contribution < -0.4 is 4.90 Å². The van der Waals surface area contributed by atoms with Crippen molar-refractivity contribution in [1.29, 1.82) is 0 Å². The van der Waals surface area contributed by atoms with Crippen LogP contribution >= 0.6 is 0 Å². The van der Waals surface area contributed by atoms with Gasteiger partial charge < -0.3 is 4.90 Å². The van der Waals surface area contributed by atoms with Gasteiger partial charge in [-0.05, 0) is 38.8 Å². The third-order valence-corrected chi connectivity index (χ3v) is 5.11. The molecule has 0 bridgehead atoms. The Bertz CT molecular complexity index is 652. The fraction of sp³-hybridized carbons (Fsp3) is 0.688. The number of anilines is 1. The smallest absolute Gasteiger partial charge is 0.178 e. The first kappa shape index (κ1) is 13.9. The summed E-state index contributed by atoms with van der Waals surface area (Å²) < 4.78 is 1.97. The standard InChI is InChI=1S/C16H24N6/c1-12(2)20-8-10-21(11-9-20)15-7-6-14-17-18-16(22(14)19-15)13-4-3-5-13/h6-7,12-13H,3-5,8-11H2,1-2H3. The van der Waals surface area contributed by atoms with Gasteiger partial charge in [-0.1, -0.05) is 6.42 Å². The lowest BCUT2D eigenvalue weighted by molar-refractivity contribution is 0.209. The summed E-state index contributed by atoms with van der Waals surface area (Å²) in [6.45, 7) is 8.82. The maximum absolute atomic E-state index is 4.83. The Hall–Kier alpha value is -1.69. The molecular weight excluding hydrogens is 276 g/mol. The predicted molar refractivity (Wildman–Crippen MR) is 86.3 cm³/mol. The van der Waals surface area contributed by atoms with Crippen molar-refractivity contribution in [2.75, 3.05) is 31.1 Å². The van der Waals surface area contributed by atoms with Crippen molar-refractivity contribution < 1.29 is 0 Å². The first-order valence-electron chi connectivity index (χ1n) is 8.44. The number of hydrogen-bond acceptors (Lipinski definition) is 5. The van der Waals surface area contributed by atoms with Crippen LogP contribution in [0.15, 0.2) is 12.1 Å². The van der Waals surface area contributed by atoms with Crippen molar-refractivity contribution in [2.24, 2.45) is 0 Å². The maximum atomic E-state index is 4.83. The monoisotopic (exact) mass is 300 g/mol. The second-order valence-electron chi connectivity index (χ2n) is 6.76. The molecule has 6 heteroatoms. The van der Waals surface area contributed by atoms with E-state index in [2.05, 4.69) is 39.9 Å². The third-order valence-electron chi connectivity index (χ3n) is 5.11. The zero-order valence-electron chi connectivity index (χ0n) is 13.4. The lowest BCUT2D eigenvalue weighted by Gasteiger charge is -2.37. The fourth-order valence-corrected chi connectivity index (χ4v) is 3.35. The molecule has 3 heterocycles. The minimum absolute atomic E-state index is 0.551. The molecule has 1 aliphatic carbocycles. The molecule has 1 aliphatic heterocycles. The number of hydrogen-bond donors (Lipinski definition) is 0. The van der Waals surface area contributed by atoms with Crippen LogP contribution in [-0.4, -0.2) is 56.9 Å². The van der Waals surface area contributed by atoms with E-state index in [1.807, 2.05) is 10.6 Å². The Morgan fingerprint density at radius 2 is 1.82 bits per heavy atom. The molecule has 2 fully saturated rings. The molecule has 2 aromatic rings. The van der Waals surface area contributed by atoms with Gasteiger partial charge in [0.1, 0.15) is 5.82 Å². The summed E-state index contributed by atoms with van der Waals surface area (Å²) >= 11 is 0. The Labute approximate surface area is 131 Å².